The molecule has 100 valence electrons. The molecule has 0 fully saturated rings. The lowest BCUT2D eigenvalue weighted by molar-refractivity contribution is 0.0762. The normalized spacial score (nSPS) is 10.2. The van der Waals surface area contributed by atoms with Crippen LogP contribution in [0.1, 0.15) is 23.7 Å². The van der Waals surface area contributed by atoms with Crippen LogP contribution >= 0.6 is 11.6 Å². The molecule has 0 aliphatic carbocycles. The molecule has 0 atom stereocenters. The number of carbonyl (C=O) groups is 1. The van der Waals surface area contributed by atoms with Crippen LogP contribution < -0.4 is 4.74 Å². The highest BCUT2D eigenvalue weighted by molar-refractivity contribution is 6.18. The Bertz CT molecular complexity index is 403. The molecule has 18 heavy (non-hydrogen) atoms. The predicted octanol–water partition coefficient (Wildman–Crippen LogP) is 2.49. The van der Waals surface area contributed by atoms with Gasteiger partial charge in [0.2, 0.25) is 0 Å². The molecule has 1 aromatic carbocycles. The molecule has 0 bridgehead atoms. The Morgan fingerprint density at radius 1 is 1.44 bits per heavy atom. The lowest BCUT2D eigenvalue weighted by atomic mass is 10.1. The summed E-state index contributed by atoms with van der Waals surface area (Å²) in [5.74, 6) is 0.639. The second kappa shape index (κ2) is 7.11. The summed E-state index contributed by atoms with van der Waals surface area (Å²) in [7, 11) is 1.52. The van der Waals surface area contributed by atoms with Crippen LogP contribution in [0, 0.1) is 0 Å². The number of benzene rings is 1. The Labute approximate surface area is 112 Å². The van der Waals surface area contributed by atoms with E-state index in [1.54, 1.807) is 11.0 Å². The lowest BCUT2D eigenvalue weighted by Crippen LogP contribution is -2.33. The first kappa shape index (κ1) is 14.6. The van der Waals surface area contributed by atoms with Gasteiger partial charge < -0.3 is 14.7 Å². The predicted molar refractivity (Wildman–Crippen MR) is 71.6 cm³/mol. The number of aromatic hydroxyl groups is 1. The summed E-state index contributed by atoms with van der Waals surface area (Å²) < 4.78 is 5.05. The van der Waals surface area contributed by atoms with Crippen molar-refractivity contribution in [3.05, 3.63) is 23.8 Å². The molecule has 0 heterocycles. The average molecular weight is 272 g/mol. The minimum Gasteiger partial charge on any atom is -0.507 e. The summed E-state index contributed by atoms with van der Waals surface area (Å²) in [5.41, 5.74) is 0.243. The second-order valence-corrected chi connectivity index (χ2v) is 4.24. The zero-order valence-corrected chi connectivity index (χ0v) is 11.4. The SMILES string of the molecule is CCCN(CCCl)C(=O)c1cc(OC)ccc1O. The van der Waals surface area contributed by atoms with Crippen LogP contribution in [0.4, 0.5) is 0 Å². The minimum absolute atomic E-state index is 0.0449. The van der Waals surface area contributed by atoms with E-state index < -0.39 is 0 Å². The number of carbonyl (C=O) groups excluding carboxylic acids is 1. The van der Waals surface area contributed by atoms with Crippen molar-refractivity contribution >= 4 is 17.5 Å². The molecular weight excluding hydrogens is 254 g/mol. The van der Waals surface area contributed by atoms with Gasteiger partial charge in [0.25, 0.3) is 5.91 Å². The van der Waals surface area contributed by atoms with Crippen molar-refractivity contribution in [1.29, 1.82) is 0 Å². The van der Waals surface area contributed by atoms with Crippen LogP contribution in [0.2, 0.25) is 0 Å². The van der Waals surface area contributed by atoms with Gasteiger partial charge in [-0.1, -0.05) is 6.92 Å². The van der Waals surface area contributed by atoms with Crippen LogP contribution in [0.25, 0.3) is 0 Å². The van der Waals surface area contributed by atoms with Gasteiger partial charge in [-0.05, 0) is 24.6 Å². The topological polar surface area (TPSA) is 49.8 Å². The van der Waals surface area contributed by atoms with Crippen molar-refractivity contribution in [3.8, 4) is 11.5 Å². The van der Waals surface area contributed by atoms with Gasteiger partial charge in [-0.2, -0.15) is 0 Å². The van der Waals surface area contributed by atoms with Gasteiger partial charge in [0.1, 0.15) is 11.5 Å². The highest BCUT2D eigenvalue weighted by Crippen LogP contribution is 2.24. The summed E-state index contributed by atoms with van der Waals surface area (Å²) in [5, 5.41) is 9.75. The first-order chi connectivity index (χ1) is 8.63. The molecule has 4 nitrogen and oxygen atoms in total. The van der Waals surface area contributed by atoms with Crippen molar-refractivity contribution in [1.82, 2.24) is 4.90 Å². The van der Waals surface area contributed by atoms with Crippen molar-refractivity contribution in [3.63, 3.8) is 0 Å². The molecule has 0 unspecified atom stereocenters. The molecule has 0 aliphatic rings. The number of ether oxygens (including phenoxy) is 1. The van der Waals surface area contributed by atoms with E-state index in [-0.39, 0.29) is 17.2 Å². The molecule has 5 heteroatoms. The van der Waals surface area contributed by atoms with Crippen molar-refractivity contribution in [2.75, 3.05) is 26.1 Å². The zero-order valence-electron chi connectivity index (χ0n) is 10.6. The largest absolute Gasteiger partial charge is 0.507 e. The number of alkyl halides is 1. The Kier molecular flexibility index (Phi) is 5.78. The number of rotatable bonds is 6. The van der Waals surface area contributed by atoms with Gasteiger partial charge >= 0.3 is 0 Å². The standard InChI is InChI=1S/C13H18ClNO3/c1-3-7-15(8-6-14)13(17)11-9-10(18-2)4-5-12(11)16/h4-5,9,16H,3,6-8H2,1-2H3. The maximum atomic E-state index is 12.3. The maximum absolute atomic E-state index is 12.3. The molecule has 1 amide bonds. The number of nitrogens with zero attached hydrogens (tertiary/aromatic N) is 1. The van der Waals surface area contributed by atoms with Crippen molar-refractivity contribution < 1.29 is 14.6 Å². The minimum atomic E-state index is -0.228. The van der Waals surface area contributed by atoms with Crippen LogP contribution in [0.5, 0.6) is 11.5 Å². The summed E-state index contributed by atoms with van der Waals surface area (Å²) in [6.07, 6.45) is 0.841. The Hall–Kier alpha value is -1.42. The Balaban J connectivity index is 2.99. The van der Waals surface area contributed by atoms with Gasteiger partial charge in [0.05, 0.1) is 12.7 Å². The average Bonchev–Trinajstić information content (AvgIpc) is 2.38. The maximum Gasteiger partial charge on any atom is 0.257 e. The first-order valence-corrected chi connectivity index (χ1v) is 6.39. The molecule has 1 rings (SSSR count). The van der Waals surface area contributed by atoms with Crippen LogP contribution in [0.3, 0.4) is 0 Å². The van der Waals surface area contributed by atoms with E-state index in [1.165, 1.54) is 19.2 Å². The summed E-state index contributed by atoms with van der Waals surface area (Å²) >= 11 is 5.68. The number of hydrogen-bond donors (Lipinski definition) is 1. The van der Waals surface area contributed by atoms with Gasteiger partial charge in [-0.3, -0.25) is 4.79 Å². The van der Waals surface area contributed by atoms with E-state index in [9.17, 15) is 9.90 Å². The zero-order chi connectivity index (χ0) is 13.5. The van der Waals surface area contributed by atoms with E-state index in [4.69, 9.17) is 16.3 Å². The summed E-state index contributed by atoms with van der Waals surface area (Å²) in [4.78, 5) is 13.9. The smallest absolute Gasteiger partial charge is 0.257 e. The molecule has 1 aromatic rings. The van der Waals surface area contributed by atoms with E-state index in [0.29, 0.717) is 24.7 Å². The monoisotopic (exact) mass is 271 g/mol. The molecule has 0 radical (unpaired) electrons. The Morgan fingerprint density at radius 2 is 2.17 bits per heavy atom. The molecule has 0 saturated heterocycles. The van der Waals surface area contributed by atoms with Crippen molar-refractivity contribution in [2.45, 2.75) is 13.3 Å². The number of methoxy groups -OCH3 is 1. The van der Waals surface area contributed by atoms with E-state index >= 15 is 0 Å². The third kappa shape index (κ3) is 3.53. The van der Waals surface area contributed by atoms with E-state index in [0.717, 1.165) is 6.42 Å². The third-order valence-electron chi connectivity index (χ3n) is 2.57. The second-order valence-electron chi connectivity index (χ2n) is 3.86. The molecular formula is C13H18ClNO3. The van der Waals surface area contributed by atoms with Gasteiger partial charge in [0.15, 0.2) is 0 Å². The first-order valence-electron chi connectivity index (χ1n) is 5.86. The Morgan fingerprint density at radius 3 is 2.72 bits per heavy atom. The molecule has 0 aliphatic heterocycles. The fourth-order valence-electron chi connectivity index (χ4n) is 1.67. The van der Waals surface area contributed by atoms with Gasteiger partial charge in [0, 0.05) is 19.0 Å². The third-order valence-corrected chi connectivity index (χ3v) is 2.74. The molecule has 0 saturated carbocycles. The molecule has 0 aromatic heterocycles. The highest BCUT2D eigenvalue weighted by Gasteiger charge is 2.18. The quantitative estimate of drug-likeness (QED) is 0.809. The number of amides is 1. The fraction of sp³-hybridized carbons (Fsp3) is 0.462. The summed E-state index contributed by atoms with van der Waals surface area (Å²) in [6, 6.07) is 4.60. The van der Waals surface area contributed by atoms with Gasteiger partial charge in [-0.15, -0.1) is 11.6 Å². The molecule has 1 N–H and O–H groups in total. The number of phenols is 1. The summed E-state index contributed by atoms with van der Waals surface area (Å²) in [6.45, 7) is 3.06. The van der Waals surface area contributed by atoms with Crippen molar-refractivity contribution in [2.24, 2.45) is 0 Å². The van der Waals surface area contributed by atoms with Gasteiger partial charge in [-0.25, -0.2) is 0 Å². The van der Waals surface area contributed by atoms with E-state index in [2.05, 4.69) is 0 Å². The number of phenolic OH excluding ortho intramolecular Hbond substituents is 1. The van der Waals surface area contributed by atoms with Crippen LogP contribution in [-0.4, -0.2) is 42.0 Å². The van der Waals surface area contributed by atoms with Crippen LogP contribution in [0.15, 0.2) is 18.2 Å². The fourth-order valence-corrected chi connectivity index (χ4v) is 1.87. The lowest BCUT2D eigenvalue weighted by Gasteiger charge is -2.21. The molecule has 0 spiro atoms. The van der Waals surface area contributed by atoms with Crippen LogP contribution in [-0.2, 0) is 0 Å². The van der Waals surface area contributed by atoms with E-state index in [1.807, 2.05) is 6.92 Å². The number of hydrogen-bond acceptors (Lipinski definition) is 3. The highest BCUT2D eigenvalue weighted by atomic mass is 35.5. The number of halogens is 1.